The smallest absolute Gasteiger partial charge is 0.657 e. The van der Waals surface area contributed by atoms with Gasteiger partial charge in [-0.1, -0.05) is 24.3 Å². The van der Waals surface area contributed by atoms with Crippen LogP contribution in [0.3, 0.4) is 0 Å². The van der Waals surface area contributed by atoms with Crippen LogP contribution in [0.4, 0.5) is 0 Å². The molecule has 0 aromatic carbocycles. The number of nitrogens with zero attached hydrogens (tertiary/aromatic N) is 16. The standard InChI is InChI=1S/C32H24N16.Mn/c1-45-13-33-41-29(45)25-17-5-7-19(37-17)26(30-42-34-14-46(30)2)21-9-11-23(39-21)28(32-44-36-16-48(32)4)24-12-10-22(40-24)27(20-8-6-18(25)38-20)31-43-35-15-47(31)3;/h5-16H,1-4H3;/q-2;+3. The van der Waals surface area contributed by atoms with Crippen molar-refractivity contribution < 1.29 is 17.1 Å². The normalized spacial score (nSPS) is 12.2. The van der Waals surface area contributed by atoms with Crippen LogP contribution in [0.15, 0.2) is 49.6 Å². The van der Waals surface area contributed by atoms with E-state index in [4.69, 9.17) is 19.9 Å². The van der Waals surface area contributed by atoms with E-state index in [2.05, 4.69) is 40.8 Å². The van der Waals surface area contributed by atoms with Gasteiger partial charge < -0.3 is 28.2 Å². The Hall–Kier alpha value is -6.32. The van der Waals surface area contributed by atoms with E-state index in [9.17, 15) is 0 Å². The summed E-state index contributed by atoms with van der Waals surface area (Å²) in [6.07, 6.45) is 14.4. The number of fused-ring (bicyclic) bond motifs is 8. The van der Waals surface area contributed by atoms with Gasteiger partial charge in [0, 0.05) is 50.4 Å². The Morgan fingerprint density at radius 2 is 0.653 bits per heavy atom. The van der Waals surface area contributed by atoms with E-state index in [1.807, 2.05) is 95.0 Å². The van der Waals surface area contributed by atoms with Gasteiger partial charge in [-0.2, -0.15) is 0 Å². The summed E-state index contributed by atoms with van der Waals surface area (Å²) >= 11 is 0. The molecule has 0 saturated carbocycles. The Labute approximate surface area is 287 Å². The van der Waals surface area contributed by atoms with Gasteiger partial charge in [-0.3, -0.25) is 0 Å². The molecule has 49 heavy (non-hydrogen) atoms. The van der Waals surface area contributed by atoms with Crippen LogP contribution in [-0.4, -0.2) is 69.0 Å². The molecular weight excluding hydrogens is 663 g/mol. The molecule has 238 valence electrons. The molecule has 8 bridgehead atoms. The van der Waals surface area contributed by atoms with Gasteiger partial charge in [-0.05, 0) is 24.3 Å². The summed E-state index contributed by atoms with van der Waals surface area (Å²) in [6, 6.07) is 7.78. The van der Waals surface area contributed by atoms with E-state index in [0.717, 1.165) is 0 Å². The molecule has 9 heterocycles. The van der Waals surface area contributed by atoms with Crippen LogP contribution in [0.2, 0.25) is 0 Å². The molecule has 0 saturated heterocycles. The molecule has 0 unspecified atom stereocenters. The van der Waals surface area contributed by atoms with Gasteiger partial charge in [0.2, 0.25) is 0 Å². The third-order valence-electron chi connectivity index (χ3n) is 8.35. The fraction of sp³-hybridized carbons (Fsp3) is 0.125. The van der Waals surface area contributed by atoms with Crippen molar-refractivity contribution in [2.45, 2.75) is 0 Å². The van der Waals surface area contributed by atoms with Crippen molar-refractivity contribution in [2.24, 2.45) is 28.2 Å². The molecule has 0 aliphatic carbocycles. The fourth-order valence-corrected chi connectivity index (χ4v) is 6.04. The third-order valence-corrected chi connectivity index (χ3v) is 8.35. The molecule has 2 aliphatic heterocycles. The average Bonchev–Trinajstić information content (AvgIpc) is 3.91. The molecule has 0 fully saturated rings. The van der Waals surface area contributed by atoms with E-state index < -0.39 is 0 Å². The number of aryl methyl sites for hydroxylation is 4. The van der Waals surface area contributed by atoms with Crippen molar-refractivity contribution in [2.75, 3.05) is 0 Å². The molecule has 7 aromatic rings. The zero-order valence-electron chi connectivity index (χ0n) is 26.5. The Morgan fingerprint density at radius 3 is 0.857 bits per heavy atom. The molecule has 9 rings (SSSR count). The minimum absolute atomic E-state index is 0. The van der Waals surface area contributed by atoms with Gasteiger partial charge in [0.1, 0.15) is 25.3 Å². The number of hydrogen-bond donors (Lipinski definition) is 0. The first kappa shape index (κ1) is 30.0. The van der Waals surface area contributed by atoms with Crippen LogP contribution in [0.1, 0.15) is 22.8 Å². The Morgan fingerprint density at radius 1 is 0.408 bits per heavy atom. The van der Waals surface area contributed by atoms with Crippen molar-refractivity contribution in [3.8, 4) is 45.6 Å². The van der Waals surface area contributed by atoms with E-state index >= 15 is 0 Å². The average molecular weight is 688 g/mol. The number of rotatable bonds is 4. The summed E-state index contributed by atoms with van der Waals surface area (Å²) in [7, 11) is 7.55. The van der Waals surface area contributed by atoms with Gasteiger partial charge in [0.25, 0.3) is 0 Å². The van der Waals surface area contributed by atoms with Crippen molar-refractivity contribution in [1.82, 2.24) is 79.0 Å². The molecule has 7 aromatic heterocycles. The maximum atomic E-state index is 5.15. The Balaban J connectivity index is 0.00000348. The van der Waals surface area contributed by atoms with Gasteiger partial charge in [-0.15, -0.1) is 62.9 Å². The third kappa shape index (κ3) is 4.74. The first-order valence-corrected chi connectivity index (χ1v) is 14.9. The predicted octanol–water partition coefficient (Wildman–Crippen LogP) is 3.09. The van der Waals surface area contributed by atoms with Crippen LogP contribution < -0.4 is 9.97 Å². The SMILES string of the molecule is Cn1cnnc1-c1c2nc(c(-c3nncn3C)c3ccc([n-]3)c(-c3nncn3C)c3nc(c(-c4nncn4C)c4ccc1[n-]4)C=C3)C=C2.[Mn+3]. The number of hydrogen-bond acceptors (Lipinski definition) is 10. The zero-order chi connectivity index (χ0) is 32.5. The van der Waals surface area contributed by atoms with Gasteiger partial charge in [0.05, 0.1) is 22.8 Å². The molecule has 16 nitrogen and oxygen atoms in total. The van der Waals surface area contributed by atoms with E-state index in [1.54, 1.807) is 25.3 Å². The van der Waals surface area contributed by atoms with E-state index in [-0.39, 0.29) is 17.1 Å². The van der Waals surface area contributed by atoms with E-state index in [0.29, 0.717) is 90.4 Å². The number of aromatic nitrogens is 16. The summed E-state index contributed by atoms with van der Waals surface area (Å²) in [4.78, 5) is 20.6. The van der Waals surface area contributed by atoms with E-state index in [1.165, 1.54) is 0 Å². The quantitative estimate of drug-likeness (QED) is 0.248. The molecular formula is C32H24MnN16+. The first-order valence-electron chi connectivity index (χ1n) is 14.9. The molecule has 17 heteroatoms. The second-order valence-corrected chi connectivity index (χ2v) is 11.4. The minimum Gasteiger partial charge on any atom is -0.657 e. The largest absolute Gasteiger partial charge is 3.00 e. The maximum Gasteiger partial charge on any atom is 3.00 e. The van der Waals surface area contributed by atoms with Crippen LogP contribution in [0.25, 0.3) is 91.9 Å². The summed E-state index contributed by atoms with van der Waals surface area (Å²) in [5.74, 6) is 2.43. The van der Waals surface area contributed by atoms with Crippen molar-refractivity contribution in [3.05, 3.63) is 72.4 Å². The molecule has 0 amide bonds. The minimum atomic E-state index is 0. The summed E-state index contributed by atoms with van der Waals surface area (Å²) in [6.45, 7) is 0. The van der Waals surface area contributed by atoms with Crippen LogP contribution in [-0.2, 0) is 45.3 Å². The summed E-state index contributed by atoms with van der Waals surface area (Å²) in [5, 5.41) is 34.5. The topological polar surface area (TPSA) is 177 Å². The van der Waals surface area contributed by atoms with Crippen molar-refractivity contribution in [3.63, 3.8) is 0 Å². The van der Waals surface area contributed by atoms with Crippen LogP contribution >= 0.6 is 0 Å². The van der Waals surface area contributed by atoms with Gasteiger partial charge in [-0.25, -0.2) is 9.97 Å². The van der Waals surface area contributed by atoms with Crippen LogP contribution in [0.5, 0.6) is 0 Å². The van der Waals surface area contributed by atoms with Crippen molar-refractivity contribution >= 4 is 46.4 Å². The molecule has 0 spiro atoms. The first-order chi connectivity index (χ1) is 23.4. The van der Waals surface area contributed by atoms with Crippen molar-refractivity contribution in [1.29, 1.82) is 0 Å². The summed E-state index contributed by atoms with van der Waals surface area (Å²) in [5.41, 5.74) is 8.09. The maximum absolute atomic E-state index is 5.15. The molecule has 0 atom stereocenters. The monoisotopic (exact) mass is 687 g/mol. The van der Waals surface area contributed by atoms with Crippen LogP contribution in [0, 0.1) is 0 Å². The fourth-order valence-electron chi connectivity index (χ4n) is 6.04. The predicted molar refractivity (Wildman–Crippen MR) is 177 cm³/mol. The molecule has 2 aliphatic rings. The van der Waals surface area contributed by atoms with Gasteiger partial charge >= 0.3 is 17.1 Å². The second kappa shape index (κ2) is 11.4. The Bertz CT molecular complexity index is 2290. The molecule has 0 N–H and O–H groups in total. The second-order valence-electron chi connectivity index (χ2n) is 11.4. The molecule has 0 radical (unpaired) electrons. The summed E-state index contributed by atoms with van der Waals surface area (Å²) < 4.78 is 7.38. The Kier molecular flexibility index (Phi) is 7.01. The zero-order valence-corrected chi connectivity index (χ0v) is 27.6. The van der Waals surface area contributed by atoms with Gasteiger partial charge in [0.15, 0.2) is 23.3 Å².